The van der Waals surface area contributed by atoms with Crippen LogP contribution in [0.25, 0.3) is 0 Å². The average Bonchev–Trinajstić information content (AvgIpc) is 2.19. The highest BCUT2D eigenvalue weighted by Gasteiger charge is 2.10. The molecule has 2 nitrogen and oxygen atoms in total. The number of rotatable bonds is 2. The Hall–Kier alpha value is -1.31. The third-order valence-corrected chi connectivity index (χ3v) is 3.20. The molecule has 2 heteroatoms. The minimum Gasteiger partial charge on any atom is -0.328 e. The zero-order valence-corrected chi connectivity index (χ0v) is 9.49. The molecule has 0 unspecified atom stereocenters. The maximum atomic E-state index is 10.5. The molecule has 14 heavy (non-hydrogen) atoms. The Balaban J connectivity index is 3.50. The van der Waals surface area contributed by atoms with E-state index in [9.17, 15) is 4.79 Å². The Bertz CT molecular complexity index is 351. The number of hydrogen-bond donors (Lipinski definition) is 1. The lowest BCUT2D eigenvalue weighted by atomic mass is 9.93. The van der Waals surface area contributed by atoms with Crippen molar-refractivity contribution < 1.29 is 4.79 Å². The van der Waals surface area contributed by atoms with Gasteiger partial charge in [0.1, 0.15) is 0 Å². The number of anilines is 1. The number of benzene rings is 1. The SMILES string of the molecule is Cc1c(C)c(C)c(NC=O)c(C)c1C. The first-order valence-corrected chi connectivity index (χ1v) is 4.77. The van der Waals surface area contributed by atoms with Gasteiger partial charge in [0.05, 0.1) is 0 Å². The zero-order valence-electron chi connectivity index (χ0n) is 9.49. The Morgan fingerprint density at radius 3 is 1.50 bits per heavy atom. The molecule has 1 rings (SSSR count). The van der Waals surface area contributed by atoms with Crippen LogP contribution in [0, 0.1) is 34.6 Å². The van der Waals surface area contributed by atoms with Crippen molar-refractivity contribution in [3.05, 3.63) is 27.8 Å². The maximum Gasteiger partial charge on any atom is 0.211 e. The van der Waals surface area contributed by atoms with Gasteiger partial charge in [-0.15, -0.1) is 0 Å². The lowest BCUT2D eigenvalue weighted by Gasteiger charge is -2.17. The summed E-state index contributed by atoms with van der Waals surface area (Å²) in [7, 11) is 0. The first kappa shape index (κ1) is 10.8. The van der Waals surface area contributed by atoms with Crippen LogP contribution < -0.4 is 5.32 Å². The number of amides is 1. The van der Waals surface area contributed by atoms with Gasteiger partial charge < -0.3 is 5.32 Å². The van der Waals surface area contributed by atoms with E-state index in [4.69, 9.17) is 0 Å². The van der Waals surface area contributed by atoms with Gasteiger partial charge in [-0.1, -0.05) is 0 Å². The molecular formula is C12H17NO. The van der Waals surface area contributed by atoms with Crippen molar-refractivity contribution in [2.45, 2.75) is 34.6 Å². The number of hydrogen-bond acceptors (Lipinski definition) is 1. The molecule has 0 radical (unpaired) electrons. The van der Waals surface area contributed by atoms with Gasteiger partial charge >= 0.3 is 0 Å². The monoisotopic (exact) mass is 191 g/mol. The summed E-state index contributed by atoms with van der Waals surface area (Å²) in [6, 6.07) is 0. The van der Waals surface area contributed by atoms with Gasteiger partial charge in [-0.3, -0.25) is 4.79 Å². The van der Waals surface area contributed by atoms with Gasteiger partial charge in [0.15, 0.2) is 0 Å². The Morgan fingerprint density at radius 1 is 0.786 bits per heavy atom. The van der Waals surface area contributed by atoms with Crippen molar-refractivity contribution in [1.29, 1.82) is 0 Å². The number of carbonyl (C=O) groups is 1. The molecule has 0 aromatic heterocycles. The van der Waals surface area contributed by atoms with Gasteiger partial charge in [-0.05, 0) is 62.4 Å². The molecule has 1 N–H and O–H groups in total. The smallest absolute Gasteiger partial charge is 0.211 e. The Kier molecular flexibility index (Phi) is 2.94. The van der Waals surface area contributed by atoms with E-state index in [1.54, 1.807) is 0 Å². The summed E-state index contributed by atoms with van der Waals surface area (Å²) in [6.07, 6.45) is 0.740. The van der Waals surface area contributed by atoms with Crippen LogP contribution in [0.15, 0.2) is 0 Å². The van der Waals surface area contributed by atoms with Gasteiger partial charge in [0, 0.05) is 5.69 Å². The lowest BCUT2D eigenvalue weighted by Crippen LogP contribution is -2.04. The summed E-state index contributed by atoms with van der Waals surface area (Å²) in [5, 5.41) is 2.77. The summed E-state index contributed by atoms with van der Waals surface area (Å²) in [4.78, 5) is 10.5. The first-order chi connectivity index (χ1) is 6.50. The molecule has 0 spiro atoms. The van der Waals surface area contributed by atoms with Gasteiger partial charge in [-0.2, -0.15) is 0 Å². The second-order valence-corrected chi connectivity index (χ2v) is 3.76. The summed E-state index contributed by atoms with van der Waals surface area (Å²) in [5.74, 6) is 0. The topological polar surface area (TPSA) is 29.1 Å². The van der Waals surface area contributed by atoms with E-state index in [1.165, 1.54) is 16.7 Å². The minimum absolute atomic E-state index is 0.740. The first-order valence-electron chi connectivity index (χ1n) is 4.77. The van der Waals surface area contributed by atoms with Crippen molar-refractivity contribution in [2.75, 3.05) is 5.32 Å². The largest absolute Gasteiger partial charge is 0.328 e. The second kappa shape index (κ2) is 3.82. The Labute approximate surface area is 85.3 Å². The van der Waals surface area contributed by atoms with Crippen LogP contribution >= 0.6 is 0 Å². The molecule has 0 fully saturated rings. The molecule has 76 valence electrons. The van der Waals surface area contributed by atoms with Crippen LogP contribution in [0.5, 0.6) is 0 Å². The van der Waals surface area contributed by atoms with Crippen molar-refractivity contribution in [1.82, 2.24) is 0 Å². The standard InChI is InChI=1S/C12H17NO/c1-7-8(2)10(4)12(13-6-14)11(5)9(7)3/h6H,1-5H3,(H,13,14). The zero-order chi connectivity index (χ0) is 10.9. The van der Waals surface area contributed by atoms with E-state index in [2.05, 4.69) is 26.1 Å². The van der Waals surface area contributed by atoms with Crippen LogP contribution in [0.3, 0.4) is 0 Å². The van der Waals surface area contributed by atoms with Gasteiger partial charge in [0.2, 0.25) is 6.41 Å². The highest BCUT2D eigenvalue weighted by Crippen LogP contribution is 2.29. The molecule has 1 amide bonds. The van der Waals surface area contributed by atoms with Crippen molar-refractivity contribution in [2.24, 2.45) is 0 Å². The fraction of sp³-hybridized carbons (Fsp3) is 0.417. The molecular weight excluding hydrogens is 174 g/mol. The fourth-order valence-electron chi connectivity index (χ4n) is 1.78. The van der Waals surface area contributed by atoms with Gasteiger partial charge in [-0.25, -0.2) is 0 Å². The lowest BCUT2D eigenvalue weighted by molar-refractivity contribution is -0.105. The molecule has 0 aliphatic heterocycles. The van der Waals surface area contributed by atoms with Crippen LogP contribution in [0.2, 0.25) is 0 Å². The summed E-state index contributed by atoms with van der Waals surface area (Å²) in [5.41, 5.74) is 7.13. The number of nitrogens with one attached hydrogen (secondary N) is 1. The fourth-order valence-corrected chi connectivity index (χ4v) is 1.78. The van der Waals surface area contributed by atoms with E-state index in [0.717, 1.165) is 23.2 Å². The molecule has 0 aliphatic carbocycles. The normalized spacial score (nSPS) is 10.1. The average molecular weight is 191 g/mol. The van der Waals surface area contributed by atoms with Crippen LogP contribution in [0.1, 0.15) is 27.8 Å². The van der Waals surface area contributed by atoms with E-state index >= 15 is 0 Å². The molecule has 0 bridgehead atoms. The highest BCUT2D eigenvalue weighted by atomic mass is 16.1. The predicted molar refractivity (Wildman–Crippen MR) is 59.8 cm³/mol. The maximum absolute atomic E-state index is 10.5. The van der Waals surface area contributed by atoms with Crippen molar-refractivity contribution >= 4 is 12.1 Å². The van der Waals surface area contributed by atoms with Crippen molar-refractivity contribution in [3.63, 3.8) is 0 Å². The molecule has 1 aromatic carbocycles. The van der Waals surface area contributed by atoms with Crippen LogP contribution in [0.4, 0.5) is 5.69 Å². The molecule has 0 saturated heterocycles. The molecule has 1 aromatic rings. The summed E-state index contributed by atoms with van der Waals surface area (Å²) in [6.45, 7) is 10.4. The third-order valence-electron chi connectivity index (χ3n) is 3.20. The summed E-state index contributed by atoms with van der Waals surface area (Å²) >= 11 is 0. The second-order valence-electron chi connectivity index (χ2n) is 3.76. The van der Waals surface area contributed by atoms with E-state index in [0.29, 0.717) is 0 Å². The number of carbonyl (C=O) groups excluding carboxylic acids is 1. The predicted octanol–water partition coefficient (Wildman–Crippen LogP) is 2.80. The van der Waals surface area contributed by atoms with Crippen LogP contribution in [-0.2, 0) is 4.79 Å². The van der Waals surface area contributed by atoms with E-state index < -0.39 is 0 Å². The van der Waals surface area contributed by atoms with E-state index in [-0.39, 0.29) is 0 Å². The third kappa shape index (κ3) is 1.52. The molecule has 0 aliphatic rings. The summed E-state index contributed by atoms with van der Waals surface area (Å²) < 4.78 is 0. The van der Waals surface area contributed by atoms with Crippen molar-refractivity contribution in [3.8, 4) is 0 Å². The van der Waals surface area contributed by atoms with E-state index in [1.807, 2.05) is 13.8 Å². The minimum atomic E-state index is 0.740. The molecule has 0 saturated carbocycles. The Morgan fingerprint density at radius 2 is 1.14 bits per heavy atom. The highest BCUT2D eigenvalue weighted by molar-refractivity contribution is 5.78. The quantitative estimate of drug-likeness (QED) is 0.715. The van der Waals surface area contributed by atoms with Gasteiger partial charge in [0.25, 0.3) is 0 Å². The molecule has 0 heterocycles. The van der Waals surface area contributed by atoms with Crippen LogP contribution in [-0.4, -0.2) is 6.41 Å². The molecule has 0 atom stereocenters.